The molecule has 0 saturated heterocycles. The van der Waals surface area contributed by atoms with E-state index in [2.05, 4.69) is 11.9 Å². The molecule has 0 spiro atoms. The van der Waals surface area contributed by atoms with Gasteiger partial charge in [-0.2, -0.15) is 0 Å². The summed E-state index contributed by atoms with van der Waals surface area (Å²) in [5.41, 5.74) is 1.42. The standard InChI is InChI=1S/C12H14N2O2/c1-3-4-9-7-12(15)14-6-5-10(16-2)8-11(14)13-9/h5-8H,3-4H2,1-2H3. The third-order valence-corrected chi connectivity index (χ3v) is 2.43. The number of aryl methyl sites for hydroxylation is 1. The van der Waals surface area contributed by atoms with E-state index >= 15 is 0 Å². The summed E-state index contributed by atoms with van der Waals surface area (Å²) in [7, 11) is 1.60. The van der Waals surface area contributed by atoms with Crippen LogP contribution in [-0.4, -0.2) is 16.5 Å². The lowest BCUT2D eigenvalue weighted by Gasteiger charge is -2.05. The number of rotatable bonds is 3. The van der Waals surface area contributed by atoms with Crippen molar-refractivity contribution in [1.82, 2.24) is 9.38 Å². The first kappa shape index (κ1) is 10.7. The summed E-state index contributed by atoms with van der Waals surface area (Å²) >= 11 is 0. The minimum Gasteiger partial charge on any atom is -0.497 e. The van der Waals surface area contributed by atoms with Gasteiger partial charge in [-0.1, -0.05) is 13.3 Å². The minimum atomic E-state index is -0.0453. The normalized spacial score (nSPS) is 10.6. The summed E-state index contributed by atoms with van der Waals surface area (Å²) in [6.07, 6.45) is 3.48. The van der Waals surface area contributed by atoms with Gasteiger partial charge in [0.2, 0.25) is 0 Å². The molecule has 4 heteroatoms. The van der Waals surface area contributed by atoms with Gasteiger partial charge < -0.3 is 4.74 Å². The highest BCUT2D eigenvalue weighted by molar-refractivity contribution is 5.44. The molecular weight excluding hydrogens is 204 g/mol. The number of methoxy groups -OCH3 is 1. The molecule has 0 unspecified atom stereocenters. The van der Waals surface area contributed by atoms with Gasteiger partial charge in [0, 0.05) is 24.0 Å². The lowest BCUT2D eigenvalue weighted by atomic mass is 10.2. The van der Waals surface area contributed by atoms with Crippen LogP contribution in [0.15, 0.2) is 29.2 Å². The predicted octanol–water partition coefficient (Wildman–Crippen LogP) is 1.66. The zero-order valence-electron chi connectivity index (χ0n) is 9.43. The number of ether oxygens (including phenoxy) is 1. The lowest BCUT2D eigenvalue weighted by molar-refractivity contribution is 0.414. The SMILES string of the molecule is CCCc1cc(=O)n2ccc(OC)cc2n1. The van der Waals surface area contributed by atoms with Gasteiger partial charge in [-0.25, -0.2) is 4.98 Å². The maximum absolute atomic E-state index is 11.8. The average molecular weight is 218 g/mol. The molecule has 0 aromatic carbocycles. The molecule has 0 bridgehead atoms. The number of hydrogen-bond acceptors (Lipinski definition) is 3. The van der Waals surface area contributed by atoms with Crippen LogP contribution in [0.5, 0.6) is 5.75 Å². The first-order valence-corrected chi connectivity index (χ1v) is 5.31. The van der Waals surface area contributed by atoms with Gasteiger partial charge in [0.25, 0.3) is 5.56 Å². The molecule has 0 saturated carbocycles. The average Bonchev–Trinajstić information content (AvgIpc) is 2.28. The maximum Gasteiger partial charge on any atom is 0.258 e. The molecule has 2 rings (SSSR count). The smallest absolute Gasteiger partial charge is 0.258 e. The third-order valence-electron chi connectivity index (χ3n) is 2.43. The molecular formula is C12H14N2O2. The fourth-order valence-corrected chi connectivity index (χ4v) is 1.64. The van der Waals surface area contributed by atoms with Crippen LogP contribution in [0, 0.1) is 0 Å². The molecule has 0 aliphatic carbocycles. The molecule has 16 heavy (non-hydrogen) atoms. The summed E-state index contributed by atoms with van der Waals surface area (Å²) in [5, 5.41) is 0. The van der Waals surface area contributed by atoms with Crippen molar-refractivity contribution in [3.05, 3.63) is 40.4 Å². The topological polar surface area (TPSA) is 43.6 Å². The molecule has 2 aromatic rings. The van der Waals surface area contributed by atoms with Gasteiger partial charge in [0.05, 0.1) is 7.11 Å². The quantitative estimate of drug-likeness (QED) is 0.786. The highest BCUT2D eigenvalue weighted by atomic mass is 16.5. The number of hydrogen-bond donors (Lipinski definition) is 0. The van der Waals surface area contributed by atoms with Crippen molar-refractivity contribution in [2.75, 3.05) is 7.11 Å². The molecule has 84 valence electrons. The number of fused-ring (bicyclic) bond motifs is 1. The van der Waals surface area contributed by atoms with Gasteiger partial charge in [-0.3, -0.25) is 9.20 Å². The van der Waals surface area contributed by atoms with E-state index in [1.807, 2.05) is 0 Å². The van der Waals surface area contributed by atoms with Gasteiger partial charge in [0.15, 0.2) is 0 Å². The van der Waals surface area contributed by atoms with Crippen molar-refractivity contribution in [3.63, 3.8) is 0 Å². The number of nitrogens with zero attached hydrogens (tertiary/aromatic N) is 2. The van der Waals surface area contributed by atoms with Crippen LogP contribution < -0.4 is 10.3 Å². The van der Waals surface area contributed by atoms with Crippen LogP contribution in [0.1, 0.15) is 19.0 Å². The second-order valence-corrected chi connectivity index (χ2v) is 3.63. The number of pyridine rings is 1. The Kier molecular flexibility index (Phi) is 2.90. The van der Waals surface area contributed by atoms with Crippen molar-refractivity contribution in [2.45, 2.75) is 19.8 Å². The molecule has 0 fully saturated rings. The van der Waals surface area contributed by atoms with Crippen molar-refractivity contribution in [2.24, 2.45) is 0 Å². The lowest BCUT2D eigenvalue weighted by Crippen LogP contribution is -2.15. The molecule has 0 radical (unpaired) electrons. The molecule has 0 atom stereocenters. The second kappa shape index (κ2) is 4.35. The summed E-state index contributed by atoms with van der Waals surface area (Å²) < 4.78 is 6.62. The van der Waals surface area contributed by atoms with Crippen molar-refractivity contribution in [3.8, 4) is 5.75 Å². The zero-order valence-corrected chi connectivity index (χ0v) is 9.43. The Labute approximate surface area is 93.5 Å². The van der Waals surface area contributed by atoms with Crippen LogP contribution in [0.3, 0.4) is 0 Å². The van der Waals surface area contributed by atoms with Crippen molar-refractivity contribution in [1.29, 1.82) is 0 Å². The molecule has 0 amide bonds. The fraction of sp³-hybridized carbons (Fsp3) is 0.333. The Hall–Kier alpha value is -1.84. The highest BCUT2D eigenvalue weighted by Crippen LogP contribution is 2.11. The largest absolute Gasteiger partial charge is 0.497 e. The van der Waals surface area contributed by atoms with Crippen LogP contribution in [0.4, 0.5) is 0 Å². The Balaban J connectivity index is 2.63. The Bertz CT molecular complexity index is 560. The Morgan fingerprint density at radius 1 is 1.44 bits per heavy atom. The summed E-state index contributed by atoms with van der Waals surface area (Å²) in [5.74, 6) is 0.709. The fourth-order valence-electron chi connectivity index (χ4n) is 1.64. The summed E-state index contributed by atoms with van der Waals surface area (Å²) in [6, 6.07) is 5.10. The van der Waals surface area contributed by atoms with Gasteiger partial charge in [0.1, 0.15) is 11.4 Å². The molecule has 4 nitrogen and oxygen atoms in total. The van der Waals surface area contributed by atoms with E-state index in [1.54, 1.807) is 31.5 Å². The minimum absolute atomic E-state index is 0.0453. The third kappa shape index (κ3) is 1.91. The second-order valence-electron chi connectivity index (χ2n) is 3.63. The van der Waals surface area contributed by atoms with E-state index in [0.29, 0.717) is 11.4 Å². The van der Waals surface area contributed by atoms with E-state index in [1.165, 1.54) is 4.40 Å². The highest BCUT2D eigenvalue weighted by Gasteiger charge is 2.02. The van der Waals surface area contributed by atoms with Crippen LogP contribution in [0.2, 0.25) is 0 Å². The zero-order chi connectivity index (χ0) is 11.5. The van der Waals surface area contributed by atoms with E-state index in [9.17, 15) is 4.79 Å². The maximum atomic E-state index is 11.8. The summed E-state index contributed by atoms with van der Waals surface area (Å²) in [4.78, 5) is 16.2. The van der Waals surface area contributed by atoms with Crippen LogP contribution in [0.25, 0.3) is 5.65 Å². The number of aromatic nitrogens is 2. The first-order chi connectivity index (χ1) is 7.74. The van der Waals surface area contributed by atoms with E-state index < -0.39 is 0 Å². The first-order valence-electron chi connectivity index (χ1n) is 5.31. The van der Waals surface area contributed by atoms with Crippen molar-refractivity contribution >= 4 is 5.65 Å². The Morgan fingerprint density at radius 3 is 2.94 bits per heavy atom. The molecule has 0 aliphatic heterocycles. The van der Waals surface area contributed by atoms with E-state index in [0.717, 1.165) is 18.5 Å². The van der Waals surface area contributed by atoms with Crippen molar-refractivity contribution < 1.29 is 4.74 Å². The Morgan fingerprint density at radius 2 is 2.25 bits per heavy atom. The van der Waals surface area contributed by atoms with E-state index in [4.69, 9.17) is 4.74 Å². The van der Waals surface area contributed by atoms with Crippen LogP contribution in [-0.2, 0) is 6.42 Å². The molecule has 0 aliphatic rings. The van der Waals surface area contributed by atoms with Gasteiger partial charge in [-0.15, -0.1) is 0 Å². The van der Waals surface area contributed by atoms with E-state index in [-0.39, 0.29) is 5.56 Å². The van der Waals surface area contributed by atoms with Crippen LogP contribution >= 0.6 is 0 Å². The van der Waals surface area contributed by atoms with Gasteiger partial charge in [-0.05, 0) is 12.5 Å². The van der Waals surface area contributed by atoms with Gasteiger partial charge >= 0.3 is 0 Å². The molecule has 0 N–H and O–H groups in total. The molecule has 2 heterocycles. The monoisotopic (exact) mass is 218 g/mol. The molecule has 2 aromatic heterocycles. The predicted molar refractivity (Wildman–Crippen MR) is 62.0 cm³/mol. The summed E-state index contributed by atoms with van der Waals surface area (Å²) in [6.45, 7) is 2.06.